The molecule has 108 valence electrons. The van der Waals surface area contributed by atoms with Gasteiger partial charge in [0.1, 0.15) is 0 Å². The number of likely N-dealkylation sites (N-methyl/N-ethyl adjacent to an activating group) is 1. The lowest BCUT2D eigenvalue weighted by Gasteiger charge is -2.26. The monoisotopic (exact) mass is 282 g/mol. The van der Waals surface area contributed by atoms with E-state index in [4.69, 9.17) is 11.6 Å². The zero-order valence-electron chi connectivity index (χ0n) is 12.6. The van der Waals surface area contributed by atoms with Crippen LogP contribution in [0, 0.1) is 0 Å². The lowest BCUT2D eigenvalue weighted by molar-refractivity contribution is 0.257. The molecule has 0 aliphatic heterocycles. The van der Waals surface area contributed by atoms with Gasteiger partial charge in [-0.3, -0.25) is 4.90 Å². The molecule has 0 spiro atoms. The molecule has 2 atom stereocenters. The van der Waals surface area contributed by atoms with E-state index in [0.717, 1.165) is 18.1 Å². The van der Waals surface area contributed by atoms with Crippen LogP contribution < -0.4 is 5.32 Å². The van der Waals surface area contributed by atoms with E-state index in [0.29, 0.717) is 12.1 Å². The fourth-order valence-corrected chi connectivity index (χ4v) is 2.34. The van der Waals surface area contributed by atoms with Crippen LogP contribution in [-0.4, -0.2) is 31.1 Å². The molecular weight excluding hydrogens is 256 g/mol. The van der Waals surface area contributed by atoms with Crippen molar-refractivity contribution < 1.29 is 0 Å². The Morgan fingerprint density at radius 2 is 1.84 bits per heavy atom. The summed E-state index contributed by atoms with van der Waals surface area (Å²) >= 11 is 5.92. The third-order valence-corrected chi connectivity index (χ3v) is 3.94. The second-order valence-electron chi connectivity index (χ2n) is 5.35. The first kappa shape index (κ1) is 16.5. The van der Waals surface area contributed by atoms with E-state index in [1.165, 1.54) is 18.4 Å². The fourth-order valence-electron chi connectivity index (χ4n) is 2.21. The lowest BCUT2D eigenvalue weighted by atomic mass is 10.1. The van der Waals surface area contributed by atoms with Crippen molar-refractivity contribution in [1.82, 2.24) is 10.2 Å². The molecule has 0 saturated heterocycles. The first-order chi connectivity index (χ1) is 9.04. The minimum absolute atomic E-state index is 0.417. The van der Waals surface area contributed by atoms with Gasteiger partial charge in [-0.15, -0.1) is 0 Å². The molecule has 2 nitrogen and oxygen atoms in total. The summed E-state index contributed by atoms with van der Waals surface area (Å²) in [6, 6.07) is 9.17. The molecule has 0 saturated carbocycles. The van der Waals surface area contributed by atoms with E-state index in [1.54, 1.807) is 0 Å². The summed E-state index contributed by atoms with van der Waals surface area (Å²) in [5.74, 6) is 0. The van der Waals surface area contributed by atoms with Crippen molar-refractivity contribution in [1.29, 1.82) is 0 Å². The van der Waals surface area contributed by atoms with Gasteiger partial charge in [-0.25, -0.2) is 0 Å². The fraction of sp³-hybridized carbons (Fsp3) is 0.625. The number of rotatable bonds is 8. The van der Waals surface area contributed by atoms with Gasteiger partial charge in [-0.05, 0) is 45.0 Å². The third kappa shape index (κ3) is 5.94. The van der Waals surface area contributed by atoms with Crippen molar-refractivity contribution in [2.24, 2.45) is 0 Å². The molecule has 1 aromatic rings. The lowest BCUT2D eigenvalue weighted by Crippen LogP contribution is -2.35. The number of hydrogen-bond acceptors (Lipinski definition) is 2. The highest BCUT2D eigenvalue weighted by molar-refractivity contribution is 6.30. The molecule has 1 aromatic carbocycles. The summed E-state index contributed by atoms with van der Waals surface area (Å²) in [6.07, 6.45) is 2.49. The summed E-state index contributed by atoms with van der Waals surface area (Å²) in [5, 5.41) is 4.37. The van der Waals surface area contributed by atoms with Gasteiger partial charge < -0.3 is 5.32 Å². The Bertz CT molecular complexity index is 350. The Morgan fingerprint density at radius 1 is 1.21 bits per heavy atom. The Morgan fingerprint density at radius 3 is 2.42 bits per heavy atom. The molecule has 2 unspecified atom stereocenters. The zero-order valence-corrected chi connectivity index (χ0v) is 13.4. The van der Waals surface area contributed by atoms with Gasteiger partial charge >= 0.3 is 0 Å². The summed E-state index contributed by atoms with van der Waals surface area (Å²) in [7, 11) is 2.17. The average Bonchev–Trinajstić information content (AvgIpc) is 2.39. The van der Waals surface area contributed by atoms with Crippen molar-refractivity contribution in [2.75, 3.05) is 20.1 Å². The van der Waals surface area contributed by atoms with Crippen LogP contribution in [0.25, 0.3) is 0 Å². The third-order valence-electron chi connectivity index (χ3n) is 3.69. The maximum atomic E-state index is 5.92. The second-order valence-corrected chi connectivity index (χ2v) is 5.79. The number of benzene rings is 1. The van der Waals surface area contributed by atoms with Crippen LogP contribution >= 0.6 is 11.6 Å². The van der Waals surface area contributed by atoms with Crippen LogP contribution in [0.2, 0.25) is 5.02 Å². The minimum atomic E-state index is 0.417. The largest absolute Gasteiger partial charge is 0.313 e. The van der Waals surface area contributed by atoms with Gasteiger partial charge in [-0.1, -0.05) is 37.1 Å². The van der Waals surface area contributed by atoms with Crippen LogP contribution in [0.15, 0.2) is 24.3 Å². The second kappa shape index (κ2) is 8.57. The molecule has 0 aliphatic rings. The molecular formula is C16H27ClN2. The Labute approximate surface area is 123 Å². The van der Waals surface area contributed by atoms with Crippen molar-refractivity contribution in [2.45, 2.75) is 45.7 Å². The van der Waals surface area contributed by atoms with Crippen molar-refractivity contribution in [3.8, 4) is 0 Å². The molecule has 0 heterocycles. The Kier molecular flexibility index (Phi) is 7.44. The summed E-state index contributed by atoms with van der Waals surface area (Å²) in [4.78, 5) is 2.37. The van der Waals surface area contributed by atoms with E-state index in [2.05, 4.69) is 50.2 Å². The Balaban J connectivity index is 2.36. The quantitative estimate of drug-likeness (QED) is 0.772. The predicted molar refractivity (Wildman–Crippen MR) is 84.9 cm³/mol. The molecule has 3 heteroatoms. The zero-order chi connectivity index (χ0) is 14.3. The van der Waals surface area contributed by atoms with Crippen LogP contribution in [0.1, 0.15) is 45.2 Å². The van der Waals surface area contributed by atoms with Gasteiger partial charge in [0.05, 0.1) is 0 Å². The molecule has 0 fully saturated rings. The van der Waals surface area contributed by atoms with E-state index in [9.17, 15) is 0 Å². The average molecular weight is 283 g/mol. The maximum absolute atomic E-state index is 5.92. The van der Waals surface area contributed by atoms with Gasteiger partial charge in [0.15, 0.2) is 0 Å². The van der Waals surface area contributed by atoms with Crippen molar-refractivity contribution in [3.05, 3.63) is 34.9 Å². The Hall–Kier alpha value is -0.570. The molecule has 1 N–H and O–H groups in total. The highest BCUT2D eigenvalue weighted by Crippen LogP contribution is 2.20. The molecule has 19 heavy (non-hydrogen) atoms. The minimum Gasteiger partial charge on any atom is -0.313 e. The van der Waals surface area contributed by atoms with Crippen LogP contribution in [0.5, 0.6) is 0 Å². The molecule has 0 radical (unpaired) electrons. The number of halogens is 1. The van der Waals surface area contributed by atoms with Gasteiger partial charge in [-0.2, -0.15) is 0 Å². The summed E-state index contributed by atoms with van der Waals surface area (Å²) in [6.45, 7) is 8.81. The molecule has 0 amide bonds. The molecule has 0 bridgehead atoms. The summed E-state index contributed by atoms with van der Waals surface area (Å²) < 4.78 is 0. The van der Waals surface area contributed by atoms with Crippen molar-refractivity contribution in [3.63, 3.8) is 0 Å². The molecule has 0 aromatic heterocycles. The smallest absolute Gasteiger partial charge is 0.0406 e. The molecule has 0 aliphatic carbocycles. The maximum Gasteiger partial charge on any atom is 0.0406 e. The highest BCUT2D eigenvalue weighted by Gasteiger charge is 2.11. The normalized spacial score (nSPS) is 14.6. The van der Waals surface area contributed by atoms with Crippen LogP contribution in [-0.2, 0) is 0 Å². The first-order valence-corrected chi connectivity index (χ1v) is 7.61. The number of hydrogen-bond donors (Lipinski definition) is 1. The van der Waals surface area contributed by atoms with Gasteiger partial charge in [0.2, 0.25) is 0 Å². The topological polar surface area (TPSA) is 15.3 Å². The van der Waals surface area contributed by atoms with E-state index in [1.807, 2.05) is 12.1 Å². The van der Waals surface area contributed by atoms with E-state index >= 15 is 0 Å². The highest BCUT2D eigenvalue weighted by atomic mass is 35.5. The first-order valence-electron chi connectivity index (χ1n) is 7.23. The molecule has 1 rings (SSSR count). The number of nitrogens with zero attached hydrogens (tertiary/aromatic N) is 1. The SMILES string of the molecule is CCCC(C)NCCN(C)C(C)c1ccc(Cl)cc1. The van der Waals surface area contributed by atoms with E-state index in [-0.39, 0.29) is 0 Å². The van der Waals surface area contributed by atoms with Gasteiger partial charge in [0, 0.05) is 30.2 Å². The predicted octanol–water partition coefficient (Wildman–Crippen LogP) is 4.11. The number of nitrogens with one attached hydrogen (secondary N) is 1. The van der Waals surface area contributed by atoms with Crippen LogP contribution in [0.3, 0.4) is 0 Å². The standard InChI is InChI=1S/C16H27ClN2/c1-5-6-13(2)18-11-12-19(4)14(3)15-7-9-16(17)10-8-15/h7-10,13-14,18H,5-6,11-12H2,1-4H3. The van der Waals surface area contributed by atoms with Gasteiger partial charge in [0.25, 0.3) is 0 Å². The summed E-state index contributed by atoms with van der Waals surface area (Å²) in [5.41, 5.74) is 1.31. The van der Waals surface area contributed by atoms with E-state index < -0.39 is 0 Å². The van der Waals surface area contributed by atoms with Crippen LogP contribution in [0.4, 0.5) is 0 Å². The van der Waals surface area contributed by atoms with Crippen molar-refractivity contribution >= 4 is 11.6 Å².